The molecule has 1 unspecified atom stereocenters. The van der Waals surface area contributed by atoms with E-state index in [9.17, 15) is 9.18 Å². The van der Waals surface area contributed by atoms with Crippen LogP contribution < -0.4 is 15.8 Å². The van der Waals surface area contributed by atoms with E-state index < -0.39 is 5.95 Å². The Labute approximate surface area is 203 Å². The molecule has 1 aliphatic heterocycles. The third-order valence-corrected chi connectivity index (χ3v) is 6.73. The number of nitrogens with one attached hydrogen (secondary N) is 1. The van der Waals surface area contributed by atoms with Gasteiger partial charge in [-0.1, -0.05) is 12.1 Å². The first kappa shape index (κ1) is 23.3. The topological polar surface area (TPSA) is 106 Å². The van der Waals surface area contributed by atoms with Crippen molar-refractivity contribution >= 4 is 11.7 Å². The van der Waals surface area contributed by atoms with Crippen molar-refractivity contribution in [3.8, 4) is 16.9 Å². The van der Waals surface area contributed by atoms with Gasteiger partial charge in [-0.3, -0.25) is 9.69 Å². The maximum absolute atomic E-state index is 14.8. The van der Waals surface area contributed by atoms with E-state index in [0.717, 1.165) is 38.3 Å². The molecule has 3 N–H and O–H groups in total. The average Bonchev–Trinajstić information content (AvgIpc) is 2.84. The Kier molecular flexibility index (Phi) is 6.70. The number of ether oxygens (including phenoxy) is 1. The van der Waals surface area contributed by atoms with Gasteiger partial charge in [-0.2, -0.15) is 4.39 Å². The Hall–Kier alpha value is -3.43. The molecule has 0 amide bonds. The summed E-state index contributed by atoms with van der Waals surface area (Å²) in [6.45, 7) is 6.96. The molecule has 1 aromatic carbocycles. The van der Waals surface area contributed by atoms with Crippen molar-refractivity contribution < 1.29 is 13.9 Å². The normalized spacial score (nSPS) is 18.3. The average molecular weight is 477 g/mol. The smallest absolute Gasteiger partial charge is 0.220 e. The maximum atomic E-state index is 14.8. The zero-order valence-corrected chi connectivity index (χ0v) is 19.8. The molecule has 1 saturated heterocycles. The number of anilines is 1. The molecule has 3 aromatic rings. The van der Waals surface area contributed by atoms with Crippen molar-refractivity contribution in [1.29, 1.82) is 0 Å². The zero-order chi connectivity index (χ0) is 24.4. The number of ketones is 1. The van der Waals surface area contributed by atoms with E-state index in [0.29, 0.717) is 46.9 Å². The quantitative estimate of drug-likeness (QED) is 0.523. The van der Waals surface area contributed by atoms with Crippen LogP contribution in [0.5, 0.6) is 5.75 Å². The van der Waals surface area contributed by atoms with E-state index >= 15 is 0 Å². The summed E-state index contributed by atoms with van der Waals surface area (Å²) >= 11 is 0. The molecule has 182 valence electrons. The van der Waals surface area contributed by atoms with Crippen LogP contribution in [0.15, 0.2) is 36.5 Å². The van der Waals surface area contributed by atoms with Crippen LogP contribution in [0.4, 0.5) is 10.3 Å². The van der Waals surface area contributed by atoms with Gasteiger partial charge < -0.3 is 15.8 Å². The van der Waals surface area contributed by atoms with Crippen molar-refractivity contribution in [2.45, 2.75) is 25.7 Å². The van der Waals surface area contributed by atoms with Crippen LogP contribution in [0.2, 0.25) is 0 Å². The number of halogens is 1. The van der Waals surface area contributed by atoms with Gasteiger partial charge in [0.15, 0.2) is 5.78 Å². The molecule has 5 rings (SSSR count). The highest BCUT2D eigenvalue weighted by Crippen LogP contribution is 2.43. The molecular formula is C26H29FN6O2. The number of carbonyl (C=O) groups excluding carboxylic acids is 1. The van der Waals surface area contributed by atoms with Crippen LogP contribution >= 0.6 is 0 Å². The Balaban J connectivity index is 1.52. The van der Waals surface area contributed by atoms with E-state index in [1.54, 1.807) is 19.1 Å². The number of piperazine rings is 1. The van der Waals surface area contributed by atoms with Crippen molar-refractivity contribution in [2.24, 2.45) is 0 Å². The van der Waals surface area contributed by atoms with Gasteiger partial charge in [-0.05, 0) is 37.1 Å². The molecule has 35 heavy (non-hydrogen) atoms. The van der Waals surface area contributed by atoms with Gasteiger partial charge in [0.05, 0.1) is 17.0 Å². The summed E-state index contributed by atoms with van der Waals surface area (Å²) in [5.74, 6) is -0.0398. The molecule has 1 fully saturated rings. The van der Waals surface area contributed by atoms with Gasteiger partial charge in [0.25, 0.3) is 0 Å². The predicted molar refractivity (Wildman–Crippen MR) is 131 cm³/mol. The molecule has 2 aliphatic rings. The summed E-state index contributed by atoms with van der Waals surface area (Å²) in [4.78, 5) is 27.9. The van der Waals surface area contributed by atoms with Crippen molar-refractivity contribution in [3.05, 3.63) is 65.0 Å². The maximum Gasteiger partial charge on any atom is 0.220 e. The number of carbonyl (C=O) groups is 1. The highest BCUT2D eigenvalue weighted by molar-refractivity contribution is 6.00. The SMILES string of the molecule is Cc1nc(N)nc2c1C(=O)CC(c1c(OCCN3CCNCC3)cccc1-c1cccnc1F)C2. The number of nitrogens with zero attached hydrogens (tertiary/aromatic N) is 4. The lowest BCUT2D eigenvalue weighted by atomic mass is 9.78. The Morgan fingerprint density at radius 2 is 1.94 bits per heavy atom. The second kappa shape index (κ2) is 10.1. The lowest BCUT2D eigenvalue weighted by Gasteiger charge is -2.29. The minimum atomic E-state index is -0.559. The molecule has 1 atom stereocenters. The number of rotatable bonds is 6. The fourth-order valence-electron chi connectivity index (χ4n) is 5.13. The van der Waals surface area contributed by atoms with Crippen LogP contribution in [0, 0.1) is 12.9 Å². The molecule has 1 aliphatic carbocycles. The van der Waals surface area contributed by atoms with E-state index in [-0.39, 0.29) is 24.1 Å². The van der Waals surface area contributed by atoms with Crippen LogP contribution in [0.1, 0.15) is 39.6 Å². The minimum Gasteiger partial charge on any atom is -0.492 e. The summed E-state index contributed by atoms with van der Waals surface area (Å²) in [7, 11) is 0. The highest BCUT2D eigenvalue weighted by atomic mass is 19.1. The number of pyridine rings is 1. The summed E-state index contributed by atoms with van der Waals surface area (Å²) in [6.07, 6.45) is 2.17. The molecule has 8 nitrogen and oxygen atoms in total. The Morgan fingerprint density at radius 1 is 1.14 bits per heavy atom. The van der Waals surface area contributed by atoms with E-state index in [2.05, 4.69) is 25.2 Å². The van der Waals surface area contributed by atoms with Gasteiger partial charge in [0, 0.05) is 62.4 Å². The largest absolute Gasteiger partial charge is 0.492 e. The first-order chi connectivity index (χ1) is 17.0. The van der Waals surface area contributed by atoms with Crippen LogP contribution in [0.25, 0.3) is 11.1 Å². The first-order valence-corrected chi connectivity index (χ1v) is 12.0. The van der Waals surface area contributed by atoms with Gasteiger partial charge in [0.1, 0.15) is 12.4 Å². The summed E-state index contributed by atoms with van der Waals surface area (Å²) < 4.78 is 21.1. The molecule has 0 spiro atoms. The van der Waals surface area contributed by atoms with Crippen LogP contribution in [-0.4, -0.2) is 65.0 Å². The second-order valence-corrected chi connectivity index (χ2v) is 9.02. The Bertz CT molecular complexity index is 1240. The van der Waals surface area contributed by atoms with Crippen LogP contribution in [0.3, 0.4) is 0 Å². The fourth-order valence-corrected chi connectivity index (χ4v) is 5.13. The number of aromatic nitrogens is 3. The molecule has 2 aromatic heterocycles. The number of Topliss-reactive ketones (excluding diaryl/α,β-unsaturated/α-hetero) is 1. The van der Waals surface area contributed by atoms with Gasteiger partial charge in [-0.25, -0.2) is 15.0 Å². The number of nitrogens with two attached hydrogens (primary N) is 1. The molecular weight excluding hydrogens is 447 g/mol. The predicted octanol–water partition coefficient (Wildman–Crippen LogP) is 2.77. The third kappa shape index (κ3) is 4.87. The summed E-state index contributed by atoms with van der Waals surface area (Å²) in [6, 6.07) is 9.02. The van der Waals surface area contributed by atoms with E-state index in [1.807, 2.05) is 18.2 Å². The minimum absolute atomic E-state index is 0.0398. The number of hydrogen-bond donors (Lipinski definition) is 2. The van der Waals surface area contributed by atoms with Gasteiger partial charge >= 0.3 is 0 Å². The molecule has 0 radical (unpaired) electrons. The summed E-state index contributed by atoms with van der Waals surface area (Å²) in [5.41, 5.74) is 9.52. The van der Waals surface area contributed by atoms with E-state index in [1.165, 1.54) is 6.20 Å². The van der Waals surface area contributed by atoms with Crippen molar-refractivity contribution in [3.63, 3.8) is 0 Å². The fraction of sp³-hybridized carbons (Fsp3) is 0.385. The third-order valence-electron chi connectivity index (χ3n) is 6.73. The Morgan fingerprint density at radius 3 is 2.74 bits per heavy atom. The van der Waals surface area contributed by atoms with Crippen molar-refractivity contribution in [1.82, 2.24) is 25.2 Å². The zero-order valence-electron chi connectivity index (χ0n) is 19.8. The molecule has 3 heterocycles. The second-order valence-electron chi connectivity index (χ2n) is 9.02. The van der Waals surface area contributed by atoms with E-state index in [4.69, 9.17) is 10.5 Å². The molecule has 9 heteroatoms. The van der Waals surface area contributed by atoms with Gasteiger partial charge in [-0.15, -0.1) is 0 Å². The monoisotopic (exact) mass is 476 g/mol. The standard InChI is InChI=1S/C26H29FN6O2/c1-16-23-20(32-26(28)31-16)14-17(15-21(23)34)24-18(19-5-3-7-30-25(19)27)4-2-6-22(24)35-13-12-33-10-8-29-9-11-33/h2-7,17,29H,8-15H2,1H3,(H2,28,31,32). The van der Waals surface area contributed by atoms with Crippen LogP contribution in [-0.2, 0) is 6.42 Å². The lowest BCUT2D eigenvalue weighted by Crippen LogP contribution is -2.44. The number of fused-ring (bicyclic) bond motifs is 1. The summed E-state index contributed by atoms with van der Waals surface area (Å²) in [5, 5.41) is 3.35. The molecule has 0 bridgehead atoms. The lowest BCUT2D eigenvalue weighted by molar-refractivity contribution is 0.0961. The number of benzene rings is 1. The highest BCUT2D eigenvalue weighted by Gasteiger charge is 2.33. The number of hydrogen-bond acceptors (Lipinski definition) is 8. The number of nitrogen functional groups attached to an aromatic ring is 1. The van der Waals surface area contributed by atoms with Crippen molar-refractivity contribution in [2.75, 3.05) is 45.1 Å². The molecule has 0 saturated carbocycles. The first-order valence-electron chi connectivity index (χ1n) is 12.0. The van der Waals surface area contributed by atoms with Gasteiger partial charge in [0.2, 0.25) is 11.9 Å². The number of aryl methyl sites for hydroxylation is 1.